The molecule has 1 aliphatic heterocycles. The lowest BCUT2D eigenvalue weighted by molar-refractivity contribution is 0.143. The summed E-state index contributed by atoms with van der Waals surface area (Å²) < 4.78 is 0. The van der Waals surface area contributed by atoms with Crippen molar-refractivity contribution in [2.24, 2.45) is 0 Å². The highest BCUT2D eigenvalue weighted by Gasteiger charge is 2.24. The van der Waals surface area contributed by atoms with E-state index in [9.17, 15) is 5.11 Å². The molecule has 4 heteroatoms. The van der Waals surface area contributed by atoms with Crippen molar-refractivity contribution in [3.8, 4) is 0 Å². The van der Waals surface area contributed by atoms with E-state index in [1.165, 1.54) is 0 Å². The average Bonchev–Trinajstić information content (AvgIpc) is 2.23. The normalized spacial score (nSPS) is 27.7. The van der Waals surface area contributed by atoms with E-state index in [1.807, 2.05) is 12.1 Å². The molecule has 0 amide bonds. The molecule has 2 unspecified atom stereocenters. The van der Waals surface area contributed by atoms with Crippen molar-refractivity contribution in [2.45, 2.75) is 31.9 Å². The number of hydrogen-bond donors (Lipinski definition) is 1. The number of hydrogen-bond acceptors (Lipinski definition) is 4. The molecule has 2 atom stereocenters. The van der Waals surface area contributed by atoms with Crippen LogP contribution in [0.5, 0.6) is 0 Å². The summed E-state index contributed by atoms with van der Waals surface area (Å²) in [5, 5.41) is 17.5. The van der Waals surface area contributed by atoms with Crippen LogP contribution < -0.4 is 4.90 Å². The summed E-state index contributed by atoms with van der Waals surface area (Å²) in [6.07, 6.45) is 3.33. The van der Waals surface area contributed by atoms with E-state index >= 15 is 0 Å². The van der Waals surface area contributed by atoms with Crippen molar-refractivity contribution in [3.05, 3.63) is 18.3 Å². The van der Waals surface area contributed by atoms with Gasteiger partial charge < -0.3 is 10.0 Å². The molecule has 1 aliphatic rings. The monoisotopic (exact) mass is 193 g/mol. The summed E-state index contributed by atoms with van der Waals surface area (Å²) >= 11 is 0. The lowest BCUT2D eigenvalue weighted by Crippen LogP contribution is -2.44. The first-order valence-electron chi connectivity index (χ1n) is 5.00. The Morgan fingerprint density at radius 3 is 3.07 bits per heavy atom. The van der Waals surface area contributed by atoms with Gasteiger partial charge in [0.2, 0.25) is 0 Å². The Morgan fingerprint density at radius 1 is 1.50 bits per heavy atom. The zero-order valence-corrected chi connectivity index (χ0v) is 8.30. The van der Waals surface area contributed by atoms with Gasteiger partial charge in [-0.15, -0.1) is 5.10 Å². The molecule has 4 nitrogen and oxygen atoms in total. The van der Waals surface area contributed by atoms with Gasteiger partial charge in [0.15, 0.2) is 5.82 Å². The van der Waals surface area contributed by atoms with Crippen molar-refractivity contribution >= 4 is 5.82 Å². The van der Waals surface area contributed by atoms with Crippen molar-refractivity contribution in [2.75, 3.05) is 11.4 Å². The summed E-state index contributed by atoms with van der Waals surface area (Å²) in [7, 11) is 0. The lowest BCUT2D eigenvalue weighted by Gasteiger charge is -2.36. The summed E-state index contributed by atoms with van der Waals surface area (Å²) in [5.74, 6) is 0.860. The predicted octanol–water partition coefficient (Wildman–Crippen LogP) is 0.826. The number of aliphatic hydroxyl groups excluding tert-OH is 1. The van der Waals surface area contributed by atoms with E-state index in [0.717, 1.165) is 18.7 Å². The summed E-state index contributed by atoms with van der Waals surface area (Å²) in [5.41, 5.74) is 0. The minimum absolute atomic E-state index is 0.229. The Balaban J connectivity index is 2.16. The van der Waals surface area contributed by atoms with Gasteiger partial charge >= 0.3 is 0 Å². The van der Waals surface area contributed by atoms with E-state index in [1.54, 1.807) is 6.20 Å². The van der Waals surface area contributed by atoms with Crippen molar-refractivity contribution in [1.82, 2.24) is 10.2 Å². The maximum absolute atomic E-state index is 9.57. The molecule has 0 radical (unpaired) electrons. The molecule has 1 saturated heterocycles. The second-order valence-electron chi connectivity index (χ2n) is 3.81. The number of piperidine rings is 1. The number of β-amino-alcohol motifs (C(OH)–C–C–N with tert-alkyl or cyclic N) is 1. The van der Waals surface area contributed by atoms with Gasteiger partial charge in [0.1, 0.15) is 0 Å². The van der Waals surface area contributed by atoms with E-state index < -0.39 is 0 Å². The van der Waals surface area contributed by atoms with E-state index in [0.29, 0.717) is 12.6 Å². The maximum Gasteiger partial charge on any atom is 0.151 e. The molecule has 1 N–H and O–H groups in total. The second-order valence-corrected chi connectivity index (χ2v) is 3.81. The van der Waals surface area contributed by atoms with Gasteiger partial charge in [-0.2, -0.15) is 5.10 Å². The molecule has 2 heterocycles. The number of aromatic nitrogens is 2. The van der Waals surface area contributed by atoms with Gasteiger partial charge in [-0.1, -0.05) is 0 Å². The lowest BCUT2D eigenvalue weighted by atomic mass is 10.0. The predicted molar refractivity (Wildman–Crippen MR) is 54.1 cm³/mol. The first-order chi connectivity index (χ1) is 6.77. The molecule has 0 aromatic carbocycles. The van der Waals surface area contributed by atoms with Crippen LogP contribution in [0.4, 0.5) is 5.82 Å². The Kier molecular flexibility index (Phi) is 2.63. The molecule has 0 spiro atoms. The van der Waals surface area contributed by atoms with Crippen LogP contribution in [0, 0.1) is 0 Å². The summed E-state index contributed by atoms with van der Waals surface area (Å²) in [6.45, 7) is 2.82. The molecule has 1 aromatic heterocycles. The quantitative estimate of drug-likeness (QED) is 0.717. The third-order valence-electron chi connectivity index (χ3n) is 2.71. The fourth-order valence-corrected chi connectivity index (χ4v) is 1.85. The first kappa shape index (κ1) is 9.40. The van der Waals surface area contributed by atoms with Crippen LogP contribution in [0.3, 0.4) is 0 Å². The van der Waals surface area contributed by atoms with Crippen molar-refractivity contribution in [3.63, 3.8) is 0 Å². The van der Waals surface area contributed by atoms with Gasteiger partial charge in [-0.05, 0) is 31.9 Å². The zero-order chi connectivity index (χ0) is 9.97. The fourth-order valence-electron chi connectivity index (χ4n) is 1.85. The van der Waals surface area contributed by atoms with Crippen LogP contribution in [0.25, 0.3) is 0 Å². The topological polar surface area (TPSA) is 49.2 Å². The molecule has 0 aliphatic carbocycles. The van der Waals surface area contributed by atoms with Crippen LogP contribution in [0.1, 0.15) is 19.8 Å². The first-order valence-corrected chi connectivity index (χ1v) is 5.00. The third-order valence-corrected chi connectivity index (χ3v) is 2.71. The van der Waals surface area contributed by atoms with Crippen LogP contribution in [0.2, 0.25) is 0 Å². The van der Waals surface area contributed by atoms with E-state index in [2.05, 4.69) is 22.0 Å². The second kappa shape index (κ2) is 3.92. The Morgan fingerprint density at radius 2 is 2.36 bits per heavy atom. The molecular formula is C10H15N3O. The van der Waals surface area contributed by atoms with Crippen molar-refractivity contribution in [1.29, 1.82) is 0 Å². The minimum Gasteiger partial charge on any atom is -0.391 e. The molecule has 0 bridgehead atoms. The Hall–Kier alpha value is -1.16. The fraction of sp³-hybridized carbons (Fsp3) is 0.600. The van der Waals surface area contributed by atoms with Gasteiger partial charge in [0.25, 0.3) is 0 Å². The van der Waals surface area contributed by atoms with E-state index in [4.69, 9.17) is 0 Å². The van der Waals surface area contributed by atoms with Gasteiger partial charge in [-0.3, -0.25) is 0 Å². The van der Waals surface area contributed by atoms with Crippen LogP contribution >= 0.6 is 0 Å². The zero-order valence-electron chi connectivity index (χ0n) is 8.30. The number of anilines is 1. The Labute approximate surface area is 83.6 Å². The minimum atomic E-state index is -0.229. The van der Waals surface area contributed by atoms with Crippen molar-refractivity contribution < 1.29 is 5.11 Å². The van der Waals surface area contributed by atoms with Crippen LogP contribution in [0.15, 0.2) is 18.3 Å². The maximum atomic E-state index is 9.57. The highest BCUT2D eigenvalue weighted by molar-refractivity contribution is 5.38. The van der Waals surface area contributed by atoms with Gasteiger partial charge in [0.05, 0.1) is 6.10 Å². The molecule has 0 saturated carbocycles. The molecule has 76 valence electrons. The standard InChI is InChI=1S/C10H15N3O/c1-8-4-5-9(14)7-13(8)10-3-2-6-11-12-10/h2-3,6,8-9,14H,4-5,7H2,1H3. The van der Waals surface area contributed by atoms with Gasteiger partial charge in [0, 0.05) is 18.8 Å². The van der Waals surface area contributed by atoms with Gasteiger partial charge in [-0.25, -0.2) is 0 Å². The Bertz CT molecular complexity index is 291. The summed E-state index contributed by atoms with van der Waals surface area (Å²) in [6, 6.07) is 4.24. The van der Waals surface area contributed by atoms with Crippen LogP contribution in [-0.4, -0.2) is 34.0 Å². The number of nitrogens with zero attached hydrogens (tertiary/aromatic N) is 3. The average molecular weight is 193 g/mol. The smallest absolute Gasteiger partial charge is 0.151 e. The highest BCUT2D eigenvalue weighted by atomic mass is 16.3. The third kappa shape index (κ3) is 1.85. The highest BCUT2D eigenvalue weighted by Crippen LogP contribution is 2.21. The molecule has 14 heavy (non-hydrogen) atoms. The van der Waals surface area contributed by atoms with Crippen LogP contribution in [-0.2, 0) is 0 Å². The molecular weight excluding hydrogens is 178 g/mol. The largest absolute Gasteiger partial charge is 0.391 e. The van der Waals surface area contributed by atoms with E-state index in [-0.39, 0.29) is 6.10 Å². The summed E-state index contributed by atoms with van der Waals surface area (Å²) in [4.78, 5) is 2.11. The number of rotatable bonds is 1. The molecule has 2 rings (SSSR count). The number of aliphatic hydroxyl groups is 1. The molecule has 1 aromatic rings. The SMILES string of the molecule is CC1CCC(O)CN1c1cccnn1. The molecule has 1 fully saturated rings.